The number of para-hydroxylation sites is 2. The van der Waals surface area contributed by atoms with Gasteiger partial charge in [-0.3, -0.25) is 4.57 Å². The second kappa shape index (κ2) is 4.86. The minimum absolute atomic E-state index is 0.689. The van der Waals surface area contributed by atoms with Crippen LogP contribution < -0.4 is 5.73 Å². The highest BCUT2D eigenvalue weighted by molar-refractivity contribution is 5.77. The maximum Gasteiger partial charge on any atom is 0.100 e. The van der Waals surface area contributed by atoms with Gasteiger partial charge in [0.15, 0.2) is 0 Å². The number of rotatable bonds is 3. The maximum absolute atomic E-state index is 5.62. The molecule has 0 saturated carbocycles. The van der Waals surface area contributed by atoms with E-state index in [0.717, 1.165) is 23.1 Å². The highest BCUT2D eigenvalue weighted by atomic mass is 15.0. The molecular weight excluding hydrogens is 234 g/mol. The van der Waals surface area contributed by atoms with E-state index in [1.54, 1.807) is 0 Å². The van der Waals surface area contributed by atoms with Gasteiger partial charge in [-0.05, 0) is 55.3 Å². The SMILES string of the molecule is Cc1cc(-n2cnc3ccccc32)ccc1CCN. The lowest BCUT2D eigenvalue weighted by atomic mass is 10.0. The van der Waals surface area contributed by atoms with Crippen LogP contribution in [0, 0.1) is 6.92 Å². The molecule has 3 rings (SSSR count). The van der Waals surface area contributed by atoms with Gasteiger partial charge in [-0.2, -0.15) is 0 Å². The third-order valence-electron chi connectivity index (χ3n) is 3.47. The lowest BCUT2D eigenvalue weighted by Gasteiger charge is -2.09. The Morgan fingerprint density at radius 3 is 2.79 bits per heavy atom. The Bertz CT molecular complexity index is 713. The third-order valence-corrected chi connectivity index (χ3v) is 3.47. The number of hydrogen-bond donors (Lipinski definition) is 1. The van der Waals surface area contributed by atoms with E-state index < -0.39 is 0 Å². The van der Waals surface area contributed by atoms with E-state index in [9.17, 15) is 0 Å². The molecular formula is C16H17N3. The Morgan fingerprint density at radius 1 is 1.16 bits per heavy atom. The Kier molecular flexibility index (Phi) is 3.05. The number of imidazole rings is 1. The lowest BCUT2D eigenvalue weighted by molar-refractivity contribution is 0.954. The van der Waals surface area contributed by atoms with Crippen molar-refractivity contribution in [3.8, 4) is 5.69 Å². The molecule has 0 atom stereocenters. The first-order valence-corrected chi connectivity index (χ1v) is 6.51. The molecule has 3 aromatic rings. The van der Waals surface area contributed by atoms with Gasteiger partial charge in [0, 0.05) is 5.69 Å². The lowest BCUT2D eigenvalue weighted by Crippen LogP contribution is -2.04. The van der Waals surface area contributed by atoms with Crippen molar-refractivity contribution in [1.82, 2.24) is 9.55 Å². The molecule has 0 aliphatic heterocycles. The smallest absolute Gasteiger partial charge is 0.100 e. The van der Waals surface area contributed by atoms with Crippen molar-refractivity contribution in [3.05, 3.63) is 59.9 Å². The normalized spacial score (nSPS) is 11.1. The zero-order valence-corrected chi connectivity index (χ0v) is 11.0. The van der Waals surface area contributed by atoms with Crippen LogP contribution in [0.25, 0.3) is 16.7 Å². The van der Waals surface area contributed by atoms with Gasteiger partial charge in [-0.1, -0.05) is 18.2 Å². The van der Waals surface area contributed by atoms with Gasteiger partial charge in [0.05, 0.1) is 11.0 Å². The quantitative estimate of drug-likeness (QED) is 0.778. The summed E-state index contributed by atoms with van der Waals surface area (Å²) in [4.78, 5) is 4.43. The maximum atomic E-state index is 5.62. The Labute approximate surface area is 112 Å². The molecule has 0 bridgehead atoms. The second-order valence-electron chi connectivity index (χ2n) is 4.75. The van der Waals surface area contributed by atoms with Crippen LogP contribution in [0.5, 0.6) is 0 Å². The number of aryl methyl sites for hydroxylation is 1. The van der Waals surface area contributed by atoms with Crippen LogP contribution >= 0.6 is 0 Å². The summed E-state index contributed by atoms with van der Waals surface area (Å²) in [5, 5.41) is 0. The van der Waals surface area contributed by atoms with Gasteiger partial charge in [-0.25, -0.2) is 4.98 Å². The van der Waals surface area contributed by atoms with Gasteiger partial charge in [0.2, 0.25) is 0 Å². The number of hydrogen-bond acceptors (Lipinski definition) is 2. The van der Waals surface area contributed by atoms with Crippen LogP contribution in [-0.2, 0) is 6.42 Å². The van der Waals surface area contributed by atoms with Gasteiger partial charge < -0.3 is 5.73 Å². The highest BCUT2D eigenvalue weighted by Crippen LogP contribution is 2.20. The molecule has 3 heteroatoms. The van der Waals surface area contributed by atoms with Gasteiger partial charge in [-0.15, -0.1) is 0 Å². The van der Waals surface area contributed by atoms with Crippen molar-refractivity contribution in [1.29, 1.82) is 0 Å². The molecule has 0 radical (unpaired) electrons. The first-order valence-electron chi connectivity index (χ1n) is 6.51. The summed E-state index contributed by atoms with van der Waals surface area (Å²) in [6.07, 6.45) is 2.80. The minimum atomic E-state index is 0.689. The minimum Gasteiger partial charge on any atom is -0.330 e. The molecule has 0 amide bonds. The average molecular weight is 251 g/mol. The van der Waals surface area contributed by atoms with Crippen LogP contribution in [-0.4, -0.2) is 16.1 Å². The fourth-order valence-electron chi connectivity index (χ4n) is 2.43. The zero-order valence-electron chi connectivity index (χ0n) is 11.0. The first-order chi connectivity index (χ1) is 9.29. The number of aromatic nitrogens is 2. The predicted octanol–water partition coefficient (Wildman–Crippen LogP) is 2.84. The van der Waals surface area contributed by atoms with Crippen molar-refractivity contribution in [2.24, 2.45) is 5.73 Å². The number of benzene rings is 2. The molecule has 3 nitrogen and oxygen atoms in total. The summed E-state index contributed by atoms with van der Waals surface area (Å²) < 4.78 is 2.12. The number of nitrogens with two attached hydrogens (primary N) is 1. The zero-order chi connectivity index (χ0) is 13.2. The summed E-state index contributed by atoms with van der Waals surface area (Å²) >= 11 is 0. The van der Waals surface area contributed by atoms with E-state index in [1.807, 2.05) is 24.5 Å². The van der Waals surface area contributed by atoms with Crippen LogP contribution in [0.4, 0.5) is 0 Å². The van der Waals surface area contributed by atoms with Crippen molar-refractivity contribution in [2.75, 3.05) is 6.54 Å². The molecule has 0 unspecified atom stereocenters. The fourth-order valence-corrected chi connectivity index (χ4v) is 2.43. The summed E-state index contributed by atoms with van der Waals surface area (Å²) in [5.41, 5.74) is 11.5. The van der Waals surface area contributed by atoms with Gasteiger partial charge in [0.25, 0.3) is 0 Å². The van der Waals surface area contributed by atoms with Crippen LogP contribution in [0.1, 0.15) is 11.1 Å². The molecule has 2 N–H and O–H groups in total. The summed E-state index contributed by atoms with van der Waals surface area (Å²) in [5.74, 6) is 0. The Morgan fingerprint density at radius 2 is 2.00 bits per heavy atom. The monoisotopic (exact) mass is 251 g/mol. The summed E-state index contributed by atoms with van der Waals surface area (Å²) in [7, 11) is 0. The molecule has 0 aliphatic rings. The van der Waals surface area contributed by atoms with Crippen LogP contribution in [0.3, 0.4) is 0 Å². The van der Waals surface area contributed by atoms with Crippen LogP contribution in [0.15, 0.2) is 48.8 Å². The molecule has 1 heterocycles. The van der Waals surface area contributed by atoms with E-state index in [2.05, 4.69) is 40.7 Å². The van der Waals surface area contributed by atoms with E-state index in [0.29, 0.717) is 6.54 Å². The molecule has 0 saturated heterocycles. The van der Waals surface area contributed by atoms with Gasteiger partial charge in [0.1, 0.15) is 6.33 Å². The molecule has 2 aromatic carbocycles. The average Bonchev–Trinajstić information content (AvgIpc) is 2.85. The topological polar surface area (TPSA) is 43.8 Å². The highest BCUT2D eigenvalue weighted by Gasteiger charge is 2.05. The molecule has 0 fully saturated rings. The van der Waals surface area contributed by atoms with Crippen molar-refractivity contribution < 1.29 is 0 Å². The predicted molar refractivity (Wildman–Crippen MR) is 78.6 cm³/mol. The molecule has 19 heavy (non-hydrogen) atoms. The summed E-state index contributed by atoms with van der Waals surface area (Å²) in [6, 6.07) is 14.6. The third kappa shape index (κ3) is 2.13. The first kappa shape index (κ1) is 11.9. The largest absolute Gasteiger partial charge is 0.330 e. The van der Waals surface area contributed by atoms with Crippen molar-refractivity contribution >= 4 is 11.0 Å². The van der Waals surface area contributed by atoms with Crippen molar-refractivity contribution in [3.63, 3.8) is 0 Å². The van der Waals surface area contributed by atoms with E-state index in [1.165, 1.54) is 11.1 Å². The van der Waals surface area contributed by atoms with E-state index in [4.69, 9.17) is 5.73 Å². The second-order valence-corrected chi connectivity index (χ2v) is 4.75. The molecule has 0 spiro atoms. The number of fused-ring (bicyclic) bond motifs is 1. The number of nitrogens with zero attached hydrogens (tertiary/aromatic N) is 2. The van der Waals surface area contributed by atoms with E-state index >= 15 is 0 Å². The van der Waals surface area contributed by atoms with E-state index in [-0.39, 0.29) is 0 Å². The molecule has 1 aromatic heterocycles. The molecule has 96 valence electrons. The molecule has 0 aliphatic carbocycles. The Hall–Kier alpha value is -2.13. The fraction of sp³-hybridized carbons (Fsp3) is 0.188. The summed E-state index contributed by atoms with van der Waals surface area (Å²) in [6.45, 7) is 2.82. The standard InChI is InChI=1S/C16H17N3/c1-12-10-14(7-6-13(12)8-9-17)19-11-18-15-4-2-3-5-16(15)19/h2-7,10-11H,8-9,17H2,1H3. The Balaban J connectivity index is 2.09. The van der Waals surface area contributed by atoms with Gasteiger partial charge >= 0.3 is 0 Å². The van der Waals surface area contributed by atoms with Crippen molar-refractivity contribution in [2.45, 2.75) is 13.3 Å². The van der Waals surface area contributed by atoms with Crippen LogP contribution in [0.2, 0.25) is 0 Å².